The van der Waals surface area contributed by atoms with Gasteiger partial charge in [-0.2, -0.15) is 0 Å². The predicted molar refractivity (Wildman–Crippen MR) is 57.3 cm³/mol. The third-order valence-corrected chi connectivity index (χ3v) is 2.60. The van der Waals surface area contributed by atoms with E-state index in [1.165, 1.54) is 12.8 Å². The Morgan fingerprint density at radius 3 is 2.86 bits per heavy atom. The van der Waals surface area contributed by atoms with Crippen molar-refractivity contribution in [1.82, 2.24) is 15.5 Å². The molecule has 1 atom stereocenters. The molecule has 1 saturated heterocycles. The first-order valence-electron chi connectivity index (χ1n) is 5.54. The van der Waals surface area contributed by atoms with Crippen LogP contribution < -0.4 is 10.6 Å². The fraction of sp³-hybridized carbons (Fsp3) is 0.900. The number of carbonyl (C=O) groups is 1. The van der Waals surface area contributed by atoms with E-state index in [1.807, 2.05) is 18.7 Å². The molecule has 82 valence electrons. The number of amides is 2. The lowest BCUT2D eigenvalue weighted by molar-refractivity contribution is 0.196. The Balaban J connectivity index is 2.33. The summed E-state index contributed by atoms with van der Waals surface area (Å²) in [6, 6.07) is 0.557. The summed E-state index contributed by atoms with van der Waals surface area (Å²) < 4.78 is 0. The summed E-state index contributed by atoms with van der Waals surface area (Å²) in [5, 5.41) is 6.23. The first kappa shape index (κ1) is 11.3. The number of likely N-dealkylation sites (N-methyl/N-ethyl adjacent to an activating group) is 1. The number of hydrogen-bond donors (Lipinski definition) is 2. The van der Waals surface area contributed by atoms with E-state index >= 15 is 0 Å². The van der Waals surface area contributed by atoms with Gasteiger partial charge in [0.05, 0.1) is 0 Å². The number of rotatable bonds is 4. The molecule has 0 spiro atoms. The van der Waals surface area contributed by atoms with E-state index in [0.717, 1.165) is 19.6 Å². The van der Waals surface area contributed by atoms with Gasteiger partial charge < -0.3 is 15.5 Å². The molecule has 0 aromatic carbocycles. The average Bonchev–Trinajstić information content (AvgIpc) is 2.66. The van der Waals surface area contributed by atoms with Gasteiger partial charge in [-0.15, -0.1) is 0 Å². The van der Waals surface area contributed by atoms with Gasteiger partial charge >= 0.3 is 6.03 Å². The minimum absolute atomic E-state index is 0.0590. The Hall–Kier alpha value is -0.770. The Bertz CT molecular complexity index is 178. The fourth-order valence-corrected chi connectivity index (χ4v) is 1.80. The minimum Gasteiger partial charge on any atom is -0.338 e. The van der Waals surface area contributed by atoms with Crippen molar-refractivity contribution >= 4 is 6.03 Å². The minimum atomic E-state index is 0.0590. The van der Waals surface area contributed by atoms with Crippen molar-refractivity contribution in [3.63, 3.8) is 0 Å². The quantitative estimate of drug-likeness (QED) is 0.703. The van der Waals surface area contributed by atoms with Crippen molar-refractivity contribution in [3.8, 4) is 0 Å². The number of urea groups is 1. The molecular formula is C10H21N3O. The molecule has 0 aliphatic carbocycles. The molecule has 0 bridgehead atoms. The molecular weight excluding hydrogens is 178 g/mol. The van der Waals surface area contributed by atoms with Crippen molar-refractivity contribution in [2.75, 3.05) is 26.2 Å². The number of hydrogen-bond acceptors (Lipinski definition) is 2. The van der Waals surface area contributed by atoms with Crippen LogP contribution in [-0.4, -0.2) is 43.2 Å². The molecule has 4 heteroatoms. The molecule has 1 aliphatic heterocycles. The number of carbonyl (C=O) groups excluding carboxylic acids is 1. The molecule has 0 aromatic heterocycles. The van der Waals surface area contributed by atoms with E-state index < -0.39 is 0 Å². The first-order valence-corrected chi connectivity index (χ1v) is 5.54. The van der Waals surface area contributed by atoms with E-state index in [9.17, 15) is 4.79 Å². The number of nitrogens with one attached hydrogen (secondary N) is 2. The zero-order chi connectivity index (χ0) is 10.4. The lowest BCUT2D eigenvalue weighted by atomic mass is 10.2. The maximum atomic E-state index is 11.5. The summed E-state index contributed by atoms with van der Waals surface area (Å²) in [6.07, 6.45) is 2.42. The first-order chi connectivity index (χ1) is 6.77. The maximum Gasteiger partial charge on any atom is 0.317 e. The normalized spacial score (nSPS) is 20.9. The molecule has 0 radical (unpaired) electrons. The molecule has 1 fully saturated rings. The van der Waals surface area contributed by atoms with Gasteiger partial charge in [0, 0.05) is 25.7 Å². The van der Waals surface area contributed by atoms with E-state index in [1.54, 1.807) is 0 Å². The smallest absolute Gasteiger partial charge is 0.317 e. The van der Waals surface area contributed by atoms with Crippen molar-refractivity contribution in [2.24, 2.45) is 0 Å². The summed E-state index contributed by atoms with van der Waals surface area (Å²) in [4.78, 5) is 13.4. The molecule has 0 saturated carbocycles. The van der Waals surface area contributed by atoms with Crippen LogP contribution in [0.4, 0.5) is 4.79 Å². The second kappa shape index (κ2) is 5.86. The molecule has 1 unspecified atom stereocenters. The number of nitrogens with zero attached hydrogens (tertiary/aromatic N) is 1. The van der Waals surface area contributed by atoms with Crippen molar-refractivity contribution in [2.45, 2.75) is 32.7 Å². The highest BCUT2D eigenvalue weighted by molar-refractivity contribution is 5.74. The summed E-state index contributed by atoms with van der Waals surface area (Å²) in [6.45, 7) is 7.38. The topological polar surface area (TPSA) is 44.4 Å². The standard InChI is InChI=1S/C10H21N3O/c1-3-11-10(14)13(4-2)8-9-6-5-7-12-9/h9,12H,3-8H2,1-2H3,(H,11,14). The molecule has 14 heavy (non-hydrogen) atoms. The molecule has 2 amide bonds. The van der Waals surface area contributed by atoms with Crippen LogP contribution in [0.1, 0.15) is 26.7 Å². The van der Waals surface area contributed by atoms with Gasteiger partial charge in [-0.25, -0.2) is 4.79 Å². The van der Waals surface area contributed by atoms with Gasteiger partial charge in [0.1, 0.15) is 0 Å². The van der Waals surface area contributed by atoms with Crippen LogP contribution >= 0.6 is 0 Å². The zero-order valence-corrected chi connectivity index (χ0v) is 9.18. The monoisotopic (exact) mass is 199 g/mol. The molecule has 1 aliphatic rings. The fourth-order valence-electron chi connectivity index (χ4n) is 1.80. The lowest BCUT2D eigenvalue weighted by Crippen LogP contribution is -2.45. The Morgan fingerprint density at radius 1 is 1.57 bits per heavy atom. The summed E-state index contributed by atoms with van der Waals surface area (Å²) in [5.41, 5.74) is 0. The van der Waals surface area contributed by atoms with E-state index in [2.05, 4.69) is 10.6 Å². The summed E-state index contributed by atoms with van der Waals surface area (Å²) in [7, 11) is 0. The predicted octanol–water partition coefficient (Wildman–Crippen LogP) is 0.790. The van der Waals surface area contributed by atoms with Gasteiger partial charge in [-0.05, 0) is 33.2 Å². The molecule has 4 nitrogen and oxygen atoms in total. The summed E-state index contributed by atoms with van der Waals surface area (Å²) >= 11 is 0. The van der Waals surface area contributed by atoms with Crippen molar-refractivity contribution in [1.29, 1.82) is 0 Å². The lowest BCUT2D eigenvalue weighted by Gasteiger charge is -2.24. The molecule has 2 N–H and O–H groups in total. The van der Waals surface area contributed by atoms with Gasteiger partial charge in [-0.3, -0.25) is 0 Å². The highest BCUT2D eigenvalue weighted by Gasteiger charge is 2.19. The Labute approximate surface area is 86.0 Å². The second-order valence-corrected chi connectivity index (χ2v) is 3.67. The second-order valence-electron chi connectivity index (χ2n) is 3.67. The van der Waals surface area contributed by atoms with Crippen LogP contribution in [0.15, 0.2) is 0 Å². The third-order valence-electron chi connectivity index (χ3n) is 2.60. The van der Waals surface area contributed by atoms with Gasteiger partial charge in [0.2, 0.25) is 0 Å². The molecule has 0 aromatic rings. The van der Waals surface area contributed by atoms with E-state index in [4.69, 9.17) is 0 Å². The largest absolute Gasteiger partial charge is 0.338 e. The zero-order valence-electron chi connectivity index (χ0n) is 9.18. The van der Waals surface area contributed by atoms with Gasteiger partial charge in [-0.1, -0.05) is 0 Å². The van der Waals surface area contributed by atoms with Crippen LogP contribution in [0, 0.1) is 0 Å². The van der Waals surface area contributed by atoms with Crippen molar-refractivity contribution < 1.29 is 4.79 Å². The molecule has 1 rings (SSSR count). The van der Waals surface area contributed by atoms with Crippen LogP contribution in [0.3, 0.4) is 0 Å². The van der Waals surface area contributed by atoms with Crippen LogP contribution in [0.2, 0.25) is 0 Å². The third kappa shape index (κ3) is 3.18. The molecule has 1 heterocycles. The van der Waals surface area contributed by atoms with Gasteiger partial charge in [0.25, 0.3) is 0 Å². The highest BCUT2D eigenvalue weighted by Crippen LogP contribution is 2.06. The Morgan fingerprint density at radius 2 is 2.36 bits per heavy atom. The maximum absolute atomic E-state index is 11.5. The van der Waals surface area contributed by atoms with Gasteiger partial charge in [0.15, 0.2) is 0 Å². The van der Waals surface area contributed by atoms with Crippen LogP contribution in [-0.2, 0) is 0 Å². The van der Waals surface area contributed by atoms with Crippen molar-refractivity contribution in [3.05, 3.63) is 0 Å². The van der Waals surface area contributed by atoms with Crippen LogP contribution in [0.25, 0.3) is 0 Å². The van der Waals surface area contributed by atoms with E-state index in [0.29, 0.717) is 12.6 Å². The summed E-state index contributed by atoms with van der Waals surface area (Å²) in [5.74, 6) is 0. The Kier molecular flexibility index (Phi) is 4.73. The average molecular weight is 199 g/mol. The van der Waals surface area contributed by atoms with E-state index in [-0.39, 0.29) is 6.03 Å². The highest BCUT2D eigenvalue weighted by atomic mass is 16.2. The SMILES string of the molecule is CCNC(=O)N(CC)CC1CCCN1. The van der Waals surface area contributed by atoms with Crippen LogP contribution in [0.5, 0.6) is 0 Å².